The van der Waals surface area contributed by atoms with Crippen molar-refractivity contribution in [3.05, 3.63) is 36.5 Å². The molecule has 2 N–H and O–H groups in total. The normalized spacial score (nSPS) is 17.5. The van der Waals surface area contributed by atoms with E-state index in [0.29, 0.717) is 18.0 Å². The van der Waals surface area contributed by atoms with E-state index in [1.165, 1.54) is 19.2 Å². The molecule has 0 amide bonds. The fourth-order valence-corrected chi connectivity index (χ4v) is 3.98. The van der Waals surface area contributed by atoms with Crippen LogP contribution in [0.3, 0.4) is 0 Å². The van der Waals surface area contributed by atoms with Crippen LogP contribution in [0, 0.1) is 0 Å². The summed E-state index contributed by atoms with van der Waals surface area (Å²) in [5.74, 6) is 0.314. The second-order valence-corrected chi connectivity index (χ2v) is 7.55. The molecule has 1 fully saturated rings. The molecular formula is C21H24F3N5O3. The number of benzene rings is 1. The van der Waals surface area contributed by atoms with E-state index in [1.807, 2.05) is 0 Å². The number of likely N-dealkylation sites (tertiary alicyclic amines) is 1. The molecule has 1 saturated heterocycles. The third-order valence-corrected chi connectivity index (χ3v) is 5.39. The van der Waals surface area contributed by atoms with Gasteiger partial charge in [0.25, 0.3) is 0 Å². The number of piperidine rings is 1. The van der Waals surface area contributed by atoms with Crippen LogP contribution in [-0.2, 0) is 0 Å². The Balaban J connectivity index is 1.67. The summed E-state index contributed by atoms with van der Waals surface area (Å²) >= 11 is 0. The fraction of sp³-hybridized carbons (Fsp3) is 0.429. The number of nitrogens with zero attached hydrogens (tertiary/aromatic N) is 4. The van der Waals surface area contributed by atoms with E-state index >= 15 is 0 Å². The lowest BCUT2D eigenvalue weighted by atomic mass is 10.1. The fourth-order valence-electron chi connectivity index (χ4n) is 3.98. The van der Waals surface area contributed by atoms with Gasteiger partial charge in [0.2, 0.25) is 5.95 Å². The number of methoxy groups -OCH3 is 1. The Hall–Kier alpha value is -3.05. The Labute approximate surface area is 182 Å². The number of aliphatic hydroxyl groups excluding tert-OH is 1. The van der Waals surface area contributed by atoms with Crippen molar-refractivity contribution in [2.45, 2.75) is 25.2 Å². The first-order valence-corrected chi connectivity index (χ1v) is 10.3. The highest BCUT2D eigenvalue weighted by Gasteiger charge is 2.33. The van der Waals surface area contributed by atoms with Crippen LogP contribution in [0.25, 0.3) is 16.8 Å². The van der Waals surface area contributed by atoms with Gasteiger partial charge in [-0.2, -0.15) is 0 Å². The smallest absolute Gasteiger partial charge is 0.497 e. The molecule has 0 saturated carbocycles. The molecule has 0 radical (unpaired) electrons. The number of fused-ring (bicyclic) bond motifs is 1. The maximum atomic E-state index is 13.0. The predicted molar refractivity (Wildman–Crippen MR) is 112 cm³/mol. The van der Waals surface area contributed by atoms with Gasteiger partial charge in [0.15, 0.2) is 0 Å². The van der Waals surface area contributed by atoms with Gasteiger partial charge < -0.3 is 19.9 Å². The van der Waals surface area contributed by atoms with Crippen LogP contribution in [0.15, 0.2) is 36.5 Å². The third-order valence-electron chi connectivity index (χ3n) is 5.39. The van der Waals surface area contributed by atoms with Gasteiger partial charge in [-0.25, -0.2) is 0 Å². The van der Waals surface area contributed by atoms with Gasteiger partial charge in [-0.3, -0.25) is 9.30 Å². The number of β-amino-alcohol motifs (C(OH)–C–C–N with tert-alkyl or cyclic N) is 1. The first-order chi connectivity index (χ1) is 15.4. The molecule has 11 heteroatoms. The third kappa shape index (κ3) is 4.89. The number of anilines is 1. The van der Waals surface area contributed by atoms with E-state index in [0.717, 1.165) is 25.9 Å². The van der Waals surface area contributed by atoms with Crippen LogP contribution < -0.4 is 14.8 Å². The van der Waals surface area contributed by atoms with Gasteiger partial charge >= 0.3 is 6.36 Å². The summed E-state index contributed by atoms with van der Waals surface area (Å²) in [5, 5.41) is 21.1. The maximum absolute atomic E-state index is 13.0. The van der Waals surface area contributed by atoms with Crippen molar-refractivity contribution < 1.29 is 27.8 Å². The summed E-state index contributed by atoms with van der Waals surface area (Å²) in [4.78, 5) is 2.17. The lowest BCUT2D eigenvalue weighted by Gasteiger charge is -2.32. The van der Waals surface area contributed by atoms with Gasteiger partial charge in [-0.1, -0.05) is 0 Å². The minimum atomic E-state index is -4.87. The standard InChI is InChI=1S/C21H24F3N5O3/c1-31-15-6-7-16(18(12-15)32-21(22,23)24)19-17-5-3-9-29(17)20(27-26-19)25-14-4-2-8-28(13-14)10-11-30/h3,5-7,9,12,14,30H,2,4,8,10-11,13H2,1H3,(H,25,27). The number of hydrogen-bond donors (Lipinski definition) is 2. The molecule has 4 rings (SSSR count). The van der Waals surface area contributed by atoms with Crippen molar-refractivity contribution >= 4 is 11.5 Å². The molecule has 8 nitrogen and oxygen atoms in total. The van der Waals surface area contributed by atoms with E-state index < -0.39 is 12.1 Å². The summed E-state index contributed by atoms with van der Waals surface area (Å²) in [6.07, 6.45) is -1.16. The average molecular weight is 451 g/mol. The average Bonchev–Trinajstić information content (AvgIpc) is 3.24. The van der Waals surface area contributed by atoms with Crippen molar-refractivity contribution in [3.8, 4) is 22.8 Å². The second-order valence-electron chi connectivity index (χ2n) is 7.55. The summed E-state index contributed by atoms with van der Waals surface area (Å²) in [7, 11) is 1.37. The SMILES string of the molecule is COc1ccc(-c2nnc(NC3CCCN(CCO)C3)n3cccc23)c(OC(F)(F)F)c1. The predicted octanol–water partition coefficient (Wildman–Crippen LogP) is 3.17. The monoisotopic (exact) mass is 451 g/mol. The van der Waals surface area contributed by atoms with Crippen molar-refractivity contribution in [2.75, 3.05) is 38.7 Å². The van der Waals surface area contributed by atoms with Gasteiger partial charge in [0.1, 0.15) is 17.2 Å². The topological polar surface area (TPSA) is 84.2 Å². The first kappa shape index (κ1) is 22.2. The number of rotatable bonds is 7. The van der Waals surface area contributed by atoms with E-state index in [9.17, 15) is 18.3 Å². The summed E-state index contributed by atoms with van der Waals surface area (Å²) in [6.45, 7) is 2.41. The number of alkyl halides is 3. The number of ether oxygens (including phenoxy) is 2. The van der Waals surface area contributed by atoms with Crippen molar-refractivity contribution in [1.82, 2.24) is 19.5 Å². The van der Waals surface area contributed by atoms with Gasteiger partial charge in [0, 0.05) is 37.0 Å². The van der Waals surface area contributed by atoms with Crippen LogP contribution in [0.5, 0.6) is 11.5 Å². The highest BCUT2D eigenvalue weighted by atomic mass is 19.4. The highest BCUT2D eigenvalue weighted by Crippen LogP contribution is 2.37. The number of halogens is 3. The van der Waals surface area contributed by atoms with Gasteiger partial charge in [-0.05, 0) is 43.7 Å². The van der Waals surface area contributed by atoms with E-state index in [-0.39, 0.29) is 29.7 Å². The van der Waals surface area contributed by atoms with Crippen LogP contribution in [-0.4, -0.2) is 70.4 Å². The Bertz CT molecular complexity index is 1070. The zero-order valence-electron chi connectivity index (χ0n) is 17.5. The minimum Gasteiger partial charge on any atom is -0.497 e. The van der Waals surface area contributed by atoms with E-state index in [1.54, 1.807) is 28.8 Å². The summed E-state index contributed by atoms with van der Waals surface area (Å²) < 4.78 is 50.1. The zero-order valence-corrected chi connectivity index (χ0v) is 17.5. The molecule has 3 heterocycles. The second kappa shape index (κ2) is 9.21. The highest BCUT2D eigenvalue weighted by molar-refractivity contribution is 5.81. The Morgan fingerprint density at radius 1 is 1.25 bits per heavy atom. The molecule has 1 aliphatic rings. The largest absolute Gasteiger partial charge is 0.573 e. The molecule has 1 aromatic carbocycles. The number of aliphatic hydroxyl groups is 1. The van der Waals surface area contributed by atoms with Crippen LogP contribution >= 0.6 is 0 Å². The maximum Gasteiger partial charge on any atom is 0.573 e. The Morgan fingerprint density at radius 2 is 2.09 bits per heavy atom. The lowest BCUT2D eigenvalue weighted by Crippen LogP contribution is -2.43. The molecule has 1 unspecified atom stereocenters. The molecule has 3 aromatic rings. The molecule has 2 aromatic heterocycles. The van der Waals surface area contributed by atoms with E-state index in [2.05, 4.69) is 25.2 Å². The van der Waals surface area contributed by atoms with Gasteiger partial charge in [0.05, 0.1) is 19.2 Å². The molecule has 1 aliphatic heterocycles. The summed E-state index contributed by atoms with van der Waals surface area (Å²) in [5.41, 5.74) is 0.994. The molecule has 0 bridgehead atoms. The summed E-state index contributed by atoms with van der Waals surface area (Å²) in [6, 6.07) is 7.84. The number of aromatic nitrogens is 3. The van der Waals surface area contributed by atoms with Gasteiger partial charge in [-0.15, -0.1) is 23.4 Å². The Morgan fingerprint density at radius 3 is 2.84 bits per heavy atom. The molecular weight excluding hydrogens is 427 g/mol. The zero-order chi connectivity index (χ0) is 22.7. The van der Waals surface area contributed by atoms with E-state index in [4.69, 9.17) is 4.74 Å². The number of nitrogens with one attached hydrogen (secondary N) is 1. The van der Waals surface area contributed by atoms with Crippen molar-refractivity contribution in [1.29, 1.82) is 0 Å². The number of hydrogen-bond acceptors (Lipinski definition) is 7. The molecule has 1 atom stereocenters. The molecule has 0 aliphatic carbocycles. The molecule has 0 spiro atoms. The lowest BCUT2D eigenvalue weighted by molar-refractivity contribution is -0.274. The molecule has 172 valence electrons. The first-order valence-electron chi connectivity index (χ1n) is 10.3. The Kier molecular flexibility index (Phi) is 6.38. The van der Waals surface area contributed by atoms with Crippen LogP contribution in [0.4, 0.5) is 19.1 Å². The molecule has 32 heavy (non-hydrogen) atoms. The van der Waals surface area contributed by atoms with Crippen LogP contribution in [0.1, 0.15) is 12.8 Å². The quantitative estimate of drug-likeness (QED) is 0.571. The van der Waals surface area contributed by atoms with Crippen LogP contribution in [0.2, 0.25) is 0 Å². The van der Waals surface area contributed by atoms with Crippen molar-refractivity contribution in [3.63, 3.8) is 0 Å². The minimum absolute atomic E-state index is 0.104. The van der Waals surface area contributed by atoms with Crippen molar-refractivity contribution in [2.24, 2.45) is 0 Å².